The van der Waals surface area contributed by atoms with E-state index in [1.165, 1.54) is 11.1 Å². The van der Waals surface area contributed by atoms with E-state index in [-0.39, 0.29) is 22.4 Å². The van der Waals surface area contributed by atoms with Crippen LogP contribution in [0, 0.1) is 6.42 Å². The van der Waals surface area contributed by atoms with Crippen molar-refractivity contribution in [2.75, 3.05) is 0 Å². The van der Waals surface area contributed by atoms with Gasteiger partial charge in [-0.15, -0.1) is 41.9 Å². The monoisotopic (exact) mass is 312 g/mol. The molecule has 1 heteroatoms. The summed E-state index contributed by atoms with van der Waals surface area (Å²) in [5.74, 6) is 0. The van der Waals surface area contributed by atoms with Gasteiger partial charge in [0, 0.05) is 22.4 Å². The Morgan fingerprint density at radius 3 is 1.39 bits per heavy atom. The summed E-state index contributed by atoms with van der Waals surface area (Å²) in [6.45, 7) is 0. The molecule has 0 bridgehead atoms. The predicted molar refractivity (Wildman–Crippen MR) is 75.3 cm³/mol. The number of hydrogen-bond donors (Lipinski definition) is 0. The molecule has 0 heterocycles. The van der Waals surface area contributed by atoms with Gasteiger partial charge in [-0.25, -0.2) is 0 Å². The van der Waals surface area contributed by atoms with Gasteiger partial charge in [0.15, 0.2) is 0 Å². The zero-order valence-corrected chi connectivity index (χ0v) is 12.3. The van der Waals surface area contributed by atoms with Crippen molar-refractivity contribution in [3.8, 4) is 0 Å². The first-order valence-corrected chi connectivity index (χ1v) is 5.73. The quantitative estimate of drug-likeness (QED) is 0.523. The fraction of sp³-hybridized carbons (Fsp3) is 0. The van der Waals surface area contributed by atoms with Crippen molar-refractivity contribution in [3.63, 3.8) is 0 Å². The molecule has 2 rings (SSSR count). The maximum absolute atomic E-state index is 2.17. The molecular formula is C17H15Nb-. The van der Waals surface area contributed by atoms with E-state index in [1.54, 1.807) is 0 Å². The van der Waals surface area contributed by atoms with Crippen molar-refractivity contribution in [1.29, 1.82) is 0 Å². The van der Waals surface area contributed by atoms with Crippen molar-refractivity contribution in [1.82, 2.24) is 0 Å². The van der Waals surface area contributed by atoms with Crippen LogP contribution >= 0.6 is 0 Å². The van der Waals surface area contributed by atoms with Crippen molar-refractivity contribution >= 4 is 0 Å². The molecule has 0 aliphatic heterocycles. The van der Waals surface area contributed by atoms with Gasteiger partial charge in [0.05, 0.1) is 0 Å². The van der Waals surface area contributed by atoms with Gasteiger partial charge in [0.2, 0.25) is 0 Å². The summed E-state index contributed by atoms with van der Waals surface area (Å²) in [4.78, 5) is 0. The van der Waals surface area contributed by atoms with Crippen LogP contribution in [0.1, 0.15) is 0 Å². The molecule has 0 saturated heterocycles. The molecule has 2 aliphatic rings. The third-order valence-electron chi connectivity index (χ3n) is 2.38. The molecule has 0 aromatic carbocycles. The minimum Gasteiger partial charge on any atom is -0.126 e. The number of rotatable bonds is 2. The molecule has 0 aromatic rings. The van der Waals surface area contributed by atoms with E-state index in [1.807, 2.05) is 36.5 Å². The summed E-state index contributed by atoms with van der Waals surface area (Å²) in [6.07, 6.45) is 30.9. The molecule has 0 fully saturated rings. The van der Waals surface area contributed by atoms with E-state index in [0.717, 1.165) is 0 Å². The van der Waals surface area contributed by atoms with E-state index in [2.05, 4.69) is 55.0 Å². The van der Waals surface area contributed by atoms with Crippen LogP contribution in [0.15, 0.2) is 96.2 Å². The average molecular weight is 312 g/mol. The van der Waals surface area contributed by atoms with Crippen LogP contribution in [-0.4, -0.2) is 0 Å². The molecular weight excluding hydrogens is 297 g/mol. The van der Waals surface area contributed by atoms with Crippen molar-refractivity contribution in [2.45, 2.75) is 0 Å². The molecule has 18 heavy (non-hydrogen) atoms. The molecule has 0 unspecified atom stereocenters. The second-order valence-corrected chi connectivity index (χ2v) is 3.74. The molecule has 0 amide bonds. The Bertz CT molecular complexity index is 446. The second-order valence-electron chi connectivity index (χ2n) is 3.74. The van der Waals surface area contributed by atoms with Crippen LogP contribution < -0.4 is 0 Å². The molecule has 0 saturated carbocycles. The minimum absolute atomic E-state index is 0. The Morgan fingerprint density at radius 2 is 0.889 bits per heavy atom. The third kappa shape index (κ3) is 5.24. The van der Waals surface area contributed by atoms with Gasteiger partial charge in [-0.3, -0.25) is 0 Å². The van der Waals surface area contributed by atoms with Crippen LogP contribution in [0.3, 0.4) is 0 Å². The van der Waals surface area contributed by atoms with Gasteiger partial charge >= 0.3 is 0 Å². The predicted octanol–water partition coefficient (Wildman–Crippen LogP) is 4.41. The van der Waals surface area contributed by atoms with E-state index < -0.39 is 0 Å². The molecule has 0 atom stereocenters. The van der Waals surface area contributed by atoms with Crippen LogP contribution in [0.5, 0.6) is 0 Å². The summed E-state index contributed by atoms with van der Waals surface area (Å²) in [5.41, 5.74) is 2.39. The van der Waals surface area contributed by atoms with Gasteiger partial charge in [0.25, 0.3) is 0 Å². The summed E-state index contributed by atoms with van der Waals surface area (Å²) >= 11 is 0. The maximum Gasteiger partial charge on any atom is 0 e. The first kappa shape index (κ1) is 14.6. The number of allylic oxidation sites excluding steroid dienone is 16. The zero-order chi connectivity index (χ0) is 11.8. The van der Waals surface area contributed by atoms with Gasteiger partial charge in [-0.1, -0.05) is 60.8 Å². The van der Waals surface area contributed by atoms with Crippen LogP contribution in [0.2, 0.25) is 0 Å². The molecule has 0 aromatic heterocycles. The normalized spacial score (nSPS) is 16.9. The number of hydrogen-bond acceptors (Lipinski definition) is 0. The van der Waals surface area contributed by atoms with Gasteiger partial charge in [0.1, 0.15) is 0 Å². The van der Waals surface area contributed by atoms with Crippen LogP contribution in [0.4, 0.5) is 0 Å². The molecule has 0 nitrogen and oxygen atoms in total. The molecule has 2 aliphatic carbocycles. The summed E-state index contributed by atoms with van der Waals surface area (Å²) in [7, 11) is 0. The van der Waals surface area contributed by atoms with Crippen LogP contribution in [0.25, 0.3) is 0 Å². The smallest absolute Gasteiger partial charge is 0 e. The Kier molecular flexibility index (Phi) is 6.97. The Balaban J connectivity index is 0.00000162. The second kappa shape index (κ2) is 8.60. The van der Waals surface area contributed by atoms with E-state index >= 15 is 0 Å². The molecule has 1 radical (unpaired) electrons. The van der Waals surface area contributed by atoms with Crippen molar-refractivity contribution in [3.05, 3.63) is 103 Å². The third-order valence-corrected chi connectivity index (χ3v) is 2.38. The van der Waals surface area contributed by atoms with Crippen molar-refractivity contribution < 1.29 is 22.4 Å². The van der Waals surface area contributed by atoms with E-state index in [0.29, 0.717) is 0 Å². The summed E-state index contributed by atoms with van der Waals surface area (Å²) in [6, 6.07) is 0. The fourth-order valence-corrected chi connectivity index (χ4v) is 1.55. The minimum atomic E-state index is 0. The SMILES string of the molecule is C1=CC=CC([CH-]C2=CC=CC=CC=C2)=CC=C1.[Nb]. The van der Waals surface area contributed by atoms with E-state index in [9.17, 15) is 0 Å². The van der Waals surface area contributed by atoms with E-state index in [4.69, 9.17) is 0 Å². The summed E-state index contributed by atoms with van der Waals surface area (Å²) < 4.78 is 0. The first-order valence-electron chi connectivity index (χ1n) is 5.73. The summed E-state index contributed by atoms with van der Waals surface area (Å²) in [5, 5.41) is 0. The Morgan fingerprint density at radius 1 is 0.500 bits per heavy atom. The molecule has 89 valence electrons. The fourth-order valence-electron chi connectivity index (χ4n) is 1.55. The largest absolute Gasteiger partial charge is 0.126 e. The Hall–Kier alpha value is -1.47. The topological polar surface area (TPSA) is 0 Å². The van der Waals surface area contributed by atoms with Gasteiger partial charge < -0.3 is 0 Å². The zero-order valence-electron chi connectivity index (χ0n) is 10.1. The standard InChI is InChI=1S/C17H15.Nb/c1-3-7-11-16(12-8-4-1)15-17-13-9-5-2-6-10-14-17;/h1-15H;/q-1;. The molecule has 0 spiro atoms. The van der Waals surface area contributed by atoms with Gasteiger partial charge in [-0.05, 0) is 0 Å². The van der Waals surface area contributed by atoms with Crippen LogP contribution in [-0.2, 0) is 22.4 Å². The van der Waals surface area contributed by atoms with Gasteiger partial charge in [-0.2, -0.15) is 0 Å². The average Bonchev–Trinajstić information content (AvgIpc) is 2.24. The Labute approximate surface area is 125 Å². The first-order chi connectivity index (χ1) is 8.45. The maximum atomic E-state index is 2.17. The molecule has 0 N–H and O–H groups in total. The van der Waals surface area contributed by atoms with Crippen molar-refractivity contribution in [2.24, 2.45) is 0 Å².